The summed E-state index contributed by atoms with van der Waals surface area (Å²) in [6.07, 6.45) is 0. The van der Waals surface area contributed by atoms with E-state index in [1.54, 1.807) is 24.3 Å². The first-order chi connectivity index (χ1) is 13.4. The fourth-order valence-corrected chi connectivity index (χ4v) is 3.92. The second-order valence-corrected chi connectivity index (χ2v) is 7.39. The number of rotatable bonds is 3. The van der Waals surface area contributed by atoms with Gasteiger partial charge in [-0.25, -0.2) is 13.8 Å². The Bertz CT molecular complexity index is 1210. The van der Waals surface area contributed by atoms with Gasteiger partial charge in [0.15, 0.2) is 0 Å². The van der Waals surface area contributed by atoms with Crippen molar-refractivity contribution in [2.24, 2.45) is 0 Å². The van der Waals surface area contributed by atoms with Crippen LogP contribution in [-0.2, 0) is 0 Å². The smallest absolute Gasteiger partial charge is 0.267 e. The molecule has 0 saturated carbocycles. The van der Waals surface area contributed by atoms with Crippen molar-refractivity contribution in [1.82, 2.24) is 4.98 Å². The van der Waals surface area contributed by atoms with Crippen LogP contribution in [0.15, 0.2) is 54.6 Å². The summed E-state index contributed by atoms with van der Waals surface area (Å²) < 4.78 is 26.3. The fourth-order valence-electron chi connectivity index (χ4n) is 2.72. The number of thiophene rings is 1. The number of pyridine rings is 1. The van der Waals surface area contributed by atoms with Crippen LogP contribution in [0.1, 0.15) is 9.67 Å². The standard InChI is InChI=1S/C20H12ClF2N3OS/c21-14-9-12(23)5-7-16(14)25-19(27)18-17(24)13-6-8-15(26-20(13)28-18)10-1-3-11(22)4-2-10/h1-9H,24H2,(H,25,27). The van der Waals surface area contributed by atoms with Gasteiger partial charge in [-0.2, -0.15) is 0 Å². The number of hydrogen-bond acceptors (Lipinski definition) is 4. The average Bonchev–Trinajstić information content (AvgIpc) is 3.01. The quantitative estimate of drug-likeness (QED) is 0.449. The fraction of sp³-hybridized carbons (Fsp3) is 0. The number of carbonyl (C=O) groups excluding carboxylic acids is 1. The Kier molecular flexibility index (Phi) is 4.70. The summed E-state index contributed by atoms with van der Waals surface area (Å²) in [5.41, 5.74) is 8.10. The van der Waals surface area contributed by atoms with Crippen molar-refractivity contribution in [2.45, 2.75) is 0 Å². The van der Waals surface area contributed by atoms with Crippen LogP contribution in [0.4, 0.5) is 20.2 Å². The van der Waals surface area contributed by atoms with Crippen LogP contribution in [-0.4, -0.2) is 10.9 Å². The van der Waals surface area contributed by atoms with E-state index in [4.69, 9.17) is 17.3 Å². The normalized spacial score (nSPS) is 11.0. The van der Waals surface area contributed by atoms with Crippen LogP contribution in [0.2, 0.25) is 5.02 Å². The second-order valence-electron chi connectivity index (χ2n) is 5.98. The molecule has 0 unspecified atom stereocenters. The molecule has 0 fully saturated rings. The number of anilines is 2. The largest absolute Gasteiger partial charge is 0.397 e. The zero-order chi connectivity index (χ0) is 19.8. The van der Waals surface area contributed by atoms with Crippen molar-refractivity contribution in [3.8, 4) is 11.3 Å². The molecule has 0 saturated heterocycles. The predicted octanol–water partition coefficient (Wildman–Crippen LogP) is 5.73. The number of fused-ring (bicyclic) bond motifs is 1. The molecule has 4 nitrogen and oxygen atoms in total. The lowest BCUT2D eigenvalue weighted by atomic mass is 10.1. The Morgan fingerprint density at radius 2 is 1.75 bits per heavy atom. The maximum atomic E-state index is 13.2. The Morgan fingerprint density at radius 3 is 2.46 bits per heavy atom. The third-order valence-electron chi connectivity index (χ3n) is 4.12. The van der Waals surface area contributed by atoms with Crippen molar-refractivity contribution in [2.75, 3.05) is 11.1 Å². The Morgan fingerprint density at radius 1 is 1.04 bits per heavy atom. The number of nitrogens with two attached hydrogens (primary N) is 1. The average molecular weight is 416 g/mol. The van der Waals surface area contributed by atoms with E-state index in [1.807, 2.05) is 0 Å². The first kappa shape index (κ1) is 18.3. The van der Waals surface area contributed by atoms with E-state index < -0.39 is 11.7 Å². The Labute approximate surface area is 167 Å². The Balaban J connectivity index is 1.68. The van der Waals surface area contributed by atoms with Crippen LogP contribution in [0.25, 0.3) is 21.5 Å². The summed E-state index contributed by atoms with van der Waals surface area (Å²) in [5.74, 6) is -1.29. The first-order valence-corrected chi connectivity index (χ1v) is 9.33. The minimum Gasteiger partial charge on any atom is -0.397 e. The van der Waals surface area contributed by atoms with Gasteiger partial charge in [0.05, 0.1) is 22.1 Å². The minimum atomic E-state index is -0.498. The number of nitrogens with zero attached hydrogens (tertiary/aromatic N) is 1. The van der Waals surface area contributed by atoms with Gasteiger partial charge in [-0.3, -0.25) is 4.79 Å². The molecule has 3 N–H and O–H groups in total. The van der Waals surface area contributed by atoms with Crippen LogP contribution >= 0.6 is 22.9 Å². The molecular weight excluding hydrogens is 404 g/mol. The zero-order valence-corrected chi connectivity index (χ0v) is 15.7. The Hall–Kier alpha value is -3.03. The van der Waals surface area contributed by atoms with Gasteiger partial charge in [0, 0.05) is 10.9 Å². The number of carbonyl (C=O) groups is 1. The third-order valence-corrected chi connectivity index (χ3v) is 5.55. The first-order valence-electron chi connectivity index (χ1n) is 8.14. The van der Waals surface area contributed by atoms with Gasteiger partial charge in [-0.1, -0.05) is 11.6 Å². The number of halogens is 3. The highest BCUT2D eigenvalue weighted by Crippen LogP contribution is 2.35. The summed E-state index contributed by atoms with van der Waals surface area (Å²) in [6.45, 7) is 0. The second kappa shape index (κ2) is 7.18. The number of hydrogen-bond donors (Lipinski definition) is 2. The van der Waals surface area contributed by atoms with Gasteiger partial charge >= 0.3 is 0 Å². The predicted molar refractivity (Wildman–Crippen MR) is 109 cm³/mol. The van der Waals surface area contributed by atoms with E-state index >= 15 is 0 Å². The summed E-state index contributed by atoms with van der Waals surface area (Å²) in [7, 11) is 0. The van der Waals surface area contributed by atoms with E-state index in [9.17, 15) is 13.6 Å². The third kappa shape index (κ3) is 3.42. The maximum absolute atomic E-state index is 13.2. The van der Waals surface area contributed by atoms with Crippen LogP contribution in [0.3, 0.4) is 0 Å². The SMILES string of the molecule is Nc1c(C(=O)Nc2ccc(F)cc2Cl)sc2nc(-c3ccc(F)cc3)ccc12. The highest BCUT2D eigenvalue weighted by molar-refractivity contribution is 7.21. The summed E-state index contributed by atoms with van der Waals surface area (Å²) >= 11 is 7.09. The lowest BCUT2D eigenvalue weighted by molar-refractivity contribution is 0.103. The van der Waals surface area contributed by atoms with E-state index in [1.165, 1.54) is 24.3 Å². The molecule has 0 aliphatic heterocycles. The van der Waals surface area contributed by atoms with E-state index in [2.05, 4.69) is 10.3 Å². The van der Waals surface area contributed by atoms with Crippen molar-refractivity contribution in [3.63, 3.8) is 0 Å². The summed E-state index contributed by atoms with van der Waals surface area (Å²) in [5, 5.41) is 3.36. The van der Waals surface area contributed by atoms with E-state index in [-0.39, 0.29) is 21.4 Å². The molecule has 2 aromatic carbocycles. The van der Waals surface area contributed by atoms with Gasteiger partial charge in [0.25, 0.3) is 5.91 Å². The molecule has 0 bridgehead atoms. The van der Waals surface area contributed by atoms with Crippen molar-refractivity contribution in [3.05, 3.63) is 76.1 Å². The number of aromatic nitrogens is 1. The van der Waals surface area contributed by atoms with Crippen LogP contribution in [0, 0.1) is 11.6 Å². The van der Waals surface area contributed by atoms with Gasteiger partial charge < -0.3 is 11.1 Å². The molecule has 4 aromatic rings. The molecule has 0 atom stereocenters. The molecule has 0 aliphatic carbocycles. The van der Waals surface area contributed by atoms with Crippen molar-refractivity contribution in [1.29, 1.82) is 0 Å². The van der Waals surface area contributed by atoms with Gasteiger partial charge in [-0.05, 0) is 54.6 Å². The summed E-state index contributed by atoms with van der Waals surface area (Å²) in [4.78, 5) is 18.0. The van der Waals surface area contributed by atoms with Crippen LogP contribution in [0.5, 0.6) is 0 Å². The molecule has 1 amide bonds. The van der Waals surface area contributed by atoms with E-state index in [0.29, 0.717) is 21.6 Å². The van der Waals surface area contributed by atoms with Gasteiger partial charge in [-0.15, -0.1) is 11.3 Å². The molecule has 8 heteroatoms. The molecule has 140 valence electrons. The lowest BCUT2D eigenvalue weighted by Crippen LogP contribution is -2.12. The number of nitrogens with one attached hydrogen (secondary N) is 1. The highest BCUT2D eigenvalue weighted by Gasteiger charge is 2.19. The molecular formula is C20H12ClF2N3OS. The van der Waals surface area contributed by atoms with Gasteiger partial charge in [0.1, 0.15) is 21.3 Å². The maximum Gasteiger partial charge on any atom is 0.267 e. The molecule has 0 aliphatic rings. The molecule has 28 heavy (non-hydrogen) atoms. The van der Waals surface area contributed by atoms with Crippen LogP contribution < -0.4 is 11.1 Å². The molecule has 0 radical (unpaired) electrons. The summed E-state index contributed by atoms with van der Waals surface area (Å²) in [6, 6.07) is 13.2. The van der Waals surface area contributed by atoms with Gasteiger partial charge in [0.2, 0.25) is 0 Å². The lowest BCUT2D eigenvalue weighted by Gasteiger charge is -2.06. The molecule has 4 rings (SSSR count). The zero-order valence-electron chi connectivity index (χ0n) is 14.2. The highest BCUT2D eigenvalue weighted by atomic mass is 35.5. The minimum absolute atomic E-state index is 0.0877. The molecule has 0 spiro atoms. The number of amides is 1. The molecule has 2 heterocycles. The monoisotopic (exact) mass is 415 g/mol. The van der Waals surface area contributed by atoms with Crippen molar-refractivity contribution >= 4 is 50.4 Å². The number of benzene rings is 2. The number of nitrogen functional groups attached to an aromatic ring is 1. The topological polar surface area (TPSA) is 68.0 Å². The van der Waals surface area contributed by atoms with E-state index in [0.717, 1.165) is 23.0 Å². The van der Waals surface area contributed by atoms with Crippen molar-refractivity contribution < 1.29 is 13.6 Å². The molecule has 2 aromatic heterocycles.